The van der Waals surface area contributed by atoms with Crippen molar-refractivity contribution in [2.24, 2.45) is 5.84 Å². The summed E-state index contributed by atoms with van der Waals surface area (Å²) in [6.07, 6.45) is 0.246. The van der Waals surface area contributed by atoms with E-state index in [-0.39, 0.29) is 0 Å². The van der Waals surface area contributed by atoms with Crippen LogP contribution < -0.4 is 16.6 Å². The van der Waals surface area contributed by atoms with Crippen LogP contribution in [0.4, 0.5) is 5.82 Å². The molecule has 0 spiro atoms. The van der Waals surface area contributed by atoms with Crippen LogP contribution in [0.2, 0.25) is 0 Å². The summed E-state index contributed by atoms with van der Waals surface area (Å²) >= 11 is 0. The summed E-state index contributed by atoms with van der Waals surface area (Å²) in [6.45, 7) is 0.647. The van der Waals surface area contributed by atoms with Crippen molar-refractivity contribution >= 4 is 5.82 Å². The molecule has 0 fully saturated rings. The van der Waals surface area contributed by atoms with Gasteiger partial charge in [0, 0.05) is 11.8 Å². The maximum atomic E-state index is 9.81. The topological polar surface area (TPSA) is 103 Å². The molecule has 90 valence electrons. The number of nitrogen functional groups attached to an aromatic ring is 1. The molecule has 0 aliphatic carbocycles. The molecule has 6 nitrogen and oxygen atoms in total. The molecule has 1 aromatic heterocycles. The molecule has 1 rings (SSSR count). The van der Waals surface area contributed by atoms with E-state index in [1.54, 1.807) is 19.2 Å². The lowest BCUT2D eigenvalue weighted by Gasteiger charge is -2.17. The molecule has 1 aromatic rings. The minimum atomic E-state index is -0.923. The van der Waals surface area contributed by atoms with Gasteiger partial charge in [-0.15, -0.1) is 0 Å². The quantitative estimate of drug-likeness (QED) is 0.327. The van der Waals surface area contributed by atoms with E-state index in [1.807, 2.05) is 0 Å². The summed E-state index contributed by atoms with van der Waals surface area (Å²) in [5.74, 6) is 5.68. The van der Waals surface area contributed by atoms with Crippen molar-refractivity contribution in [1.82, 2.24) is 10.3 Å². The highest BCUT2D eigenvalue weighted by Gasteiger charge is 2.17. The Hall–Kier alpha value is -1.21. The van der Waals surface area contributed by atoms with Gasteiger partial charge >= 0.3 is 0 Å². The highest BCUT2D eigenvalue weighted by molar-refractivity contribution is 5.34. The summed E-state index contributed by atoms with van der Waals surface area (Å²) in [7, 11) is 1.79. The zero-order chi connectivity index (χ0) is 12.0. The van der Waals surface area contributed by atoms with E-state index in [2.05, 4.69) is 15.7 Å². The number of aliphatic hydroxyl groups is 2. The Morgan fingerprint density at radius 1 is 1.44 bits per heavy atom. The van der Waals surface area contributed by atoms with Crippen LogP contribution in [0.3, 0.4) is 0 Å². The van der Waals surface area contributed by atoms with Crippen molar-refractivity contribution in [1.29, 1.82) is 0 Å². The van der Waals surface area contributed by atoms with E-state index in [1.165, 1.54) is 6.20 Å². The minimum absolute atomic E-state index is 0.481. The van der Waals surface area contributed by atoms with E-state index >= 15 is 0 Å². The van der Waals surface area contributed by atoms with Gasteiger partial charge in [-0.1, -0.05) is 6.07 Å². The van der Waals surface area contributed by atoms with E-state index in [4.69, 9.17) is 5.84 Å². The number of hydrogen-bond acceptors (Lipinski definition) is 6. The predicted octanol–water partition coefficient (Wildman–Crippen LogP) is -0.629. The van der Waals surface area contributed by atoms with Gasteiger partial charge in [-0.05, 0) is 26.1 Å². The highest BCUT2D eigenvalue weighted by Crippen LogP contribution is 2.18. The number of nitrogens with zero attached hydrogens (tertiary/aromatic N) is 1. The number of rotatable bonds is 6. The normalized spacial score (nSPS) is 14.5. The highest BCUT2D eigenvalue weighted by atomic mass is 16.3. The van der Waals surface area contributed by atoms with Gasteiger partial charge in [0.1, 0.15) is 11.9 Å². The Balaban J connectivity index is 2.60. The zero-order valence-corrected chi connectivity index (χ0v) is 9.22. The lowest BCUT2D eigenvalue weighted by Crippen LogP contribution is -2.23. The molecule has 0 radical (unpaired) electrons. The summed E-state index contributed by atoms with van der Waals surface area (Å²) in [5.41, 5.74) is 2.96. The van der Waals surface area contributed by atoms with Crippen LogP contribution in [-0.2, 0) is 0 Å². The largest absolute Gasteiger partial charge is 0.390 e. The molecule has 6 heteroatoms. The zero-order valence-electron chi connectivity index (χ0n) is 9.22. The van der Waals surface area contributed by atoms with Crippen LogP contribution in [0.5, 0.6) is 0 Å². The van der Waals surface area contributed by atoms with E-state index in [0.29, 0.717) is 24.3 Å². The monoisotopic (exact) mass is 226 g/mol. The SMILES string of the molecule is CNCCC(O)C(O)c1ccc(NN)nc1. The van der Waals surface area contributed by atoms with Gasteiger partial charge in [-0.2, -0.15) is 0 Å². The third-order valence-corrected chi connectivity index (χ3v) is 2.33. The van der Waals surface area contributed by atoms with Crippen LogP contribution in [-0.4, -0.2) is 34.9 Å². The number of nitrogens with two attached hydrogens (primary N) is 1. The molecule has 2 atom stereocenters. The van der Waals surface area contributed by atoms with Crippen LogP contribution in [0.15, 0.2) is 18.3 Å². The fourth-order valence-electron chi connectivity index (χ4n) is 1.34. The average molecular weight is 226 g/mol. The molecule has 1 heterocycles. The Kier molecular flexibility index (Phi) is 5.13. The fourth-order valence-corrected chi connectivity index (χ4v) is 1.34. The van der Waals surface area contributed by atoms with Gasteiger partial charge in [0.25, 0.3) is 0 Å². The van der Waals surface area contributed by atoms with Crippen molar-refractivity contribution in [3.05, 3.63) is 23.9 Å². The Morgan fingerprint density at radius 3 is 2.69 bits per heavy atom. The summed E-state index contributed by atoms with van der Waals surface area (Å²) in [6, 6.07) is 3.32. The first-order valence-corrected chi connectivity index (χ1v) is 5.12. The Morgan fingerprint density at radius 2 is 2.19 bits per heavy atom. The molecule has 0 aromatic carbocycles. The molecule has 16 heavy (non-hydrogen) atoms. The number of hydrogen-bond donors (Lipinski definition) is 5. The van der Waals surface area contributed by atoms with E-state index in [9.17, 15) is 10.2 Å². The van der Waals surface area contributed by atoms with Crippen LogP contribution in [0.1, 0.15) is 18.1 Å². The molecule has 6 N–H and O–H groups in total. The van der Waals surface area contributed by atoms with Gasteiger partial charge in [0.05, 0.1) is 6.10 Å². The predicted molar refractivity (Wildman–Crippen MR) is 61.6 cm³/mol. The third kappa shape index (κ3) is 3.42. The number of pyridine rings is 1. The van der Waals surface area contributed by atoms with Crippen molar-refractivity contribution in [3.63, 3.8) is 0 Å². The van der Waals surface area contributed by atoms with Gasteiger partial charge in [0.2, 0.25) is 0 Å². The Labute approximate surface area is 94.5 Å². The first-order valence-electron chi connectivity index (χ1n) is 5.12. The van der Waals surface area contributed by atoms with Gasteiger partial charge in [0.15, 0.2) is 0 Å². The molecule has 0 amide bonds. The van der Waals surface area contributed by atoms with Crippen LogP contribution in [0, 0.1) is 0 Å². The van der Waals surface area contributed by atoms with Gasteiger partial charge in [-0.25, -0.2) is 10.8 Å². The minimum Gasteiger partial charge on any atom is -0.390 e. The van der Waals surface area contributed by atoms with Crippen LogP contribution >= 0.6 is 0 Å². The fraction of sp³-hybridized carbons (Fsp3) is 0.500. The first kappa shape index (κ1) is 12.9. The maximum absolute atomic E-state index is 9.81. The van der Waals surface area contributed by atoms with Gasteiger partial charge in [-0.3, -0.25) is 0 Å². The third-order valence-electron chi connectivity index (χ3n) is 2.33. The second-order valence-electron chi connectivity index (χ2n) is 3.53. The summed E-state index contributed by atoms with van der Waals surface area (Å²) in [4.78, 5) is 3.96. The maximum Gasteiger partial charge on any atom is 0.139 e. The first-order chi connectivity index (χ1) is 7.69. The molecule has 0 aliphatic rings. The van der Waals surface area contributed by atoms with Gasteiger partial charge < -0.3 is 21.0 Å². The van der Waals surface area contributed by atoms with E-state index in [0.717, 1.165) is 0 Å². The second-order valence-corrected chi connectivity index (χ2v) is 3.53. The lowest BCUT2D eigenvalue weighted by molar-refractivity contribution is 0.0138. The standard InChI is InChI=1S/C10H18N4O2/c1-12-5-4-8(15)10(16)7-2-3-9(14-11)13-6-7/h2-3,6,8,10,12,15-16H,4-5,11H2,1H3,(H,13,14). The van der Waals surface area contributed by atoms with Crippen molar-refractivity contribution in [3.8, 4) is 0 Å². The molecule has 0 saturated carbocycles. The number of aliphatic hydroxyl groups excluding tert-OH is 2. The summed E-state index contributed by atoms with van der Waals surface area (Å²) < 4.78 is 0. The molecule has 0 bridgehead atoms. The Bertz CT molecular complexity index is 304. The summed E-state index contributed by atoms with van der Waals surface area (Å²) in [5, 5.41) is 22.4. The number of hydrazine groups is 1. The van der Waals surface area contributed by atoms with Crippen molar-refractivity contribution in [2.45, 2.75) is 18.6 Å². The molecular weight excluding hydrogens is 208 g/mol. The van der Waals surface area contributed by atoms with E-state index < -0.39 is 12.2 Å². The van der Waals surface area contributed by atoms with Crippen LogP contribution in [0.25, 0.3) is 0 Å². The average Bonchev–Trinajstić information content (AvgIpc) is 2.35. The smallest absolute Gasteiger partial charge is 0.139 e. The molecule has 0 saturated heterocycles. The molecule has 2 unspecified atom stereocenters. The number of nitrogens with one attached hydrogen (secondary N) is 2. The van der Waals surface area contributed by atoms with Crippen molar-refractivity contribution < 1.29 is 10.2 Å². The molecular formula is C10H18N4O2. The number of aromatic nitrogens is 1. The van der Waals surface area contributed by atoms with Crippen molar-refractivity contribution in [2.75, 3.05) is 19.0 Å². The number of anilines is 1. The lowest BCUT2D eigenvalue weighted by atomic mass is 10.0. The molecule has 0 aliphatic heterocycles. The second kappa shape index (κ2) is 6.39.